The van der Waals surface area contributed by atoms with E-state index in [9.17, 15) is 5.11 Å². The van der Waals surface area contributed by atoms with Crippen LogP contribution >= 0.6 is 0 Å². The molecular formula is C17H29N3O. The number of hydrogen-bond donors (Lipinski definition) is 3. The van der Waals surface area contributed by atoms with Crippen molar-refractivity contribution in [2.45, 2.75) is 53.1 Å². The van der Waals surface area contributed by atoms with Gasteiger partial charge in [0, 0.05) is 12.6 Å². The van der Waals surface area contributed by atoms with Gasteiger partial charge in [-0.3, -0.25) is 0 Å². The summed E-state index contributed by atoms with van der Waals surface area (Å²) in [4.78, 5) is 4.59. The molecule has 0 amide bonds. The summed E-state index contributed by atoms with van der Waals surface area (Å²) in [5.74, 6) is 1.86. The van der Waals surface area contributed by atoms with E-state index in [0.717, 1.165) is 30.4 Å². The van der Waals surface area contributed by atoms with Gasteiger partial charge in [-0.05, 0) is 50.3 Å². The molecule has 1 atom stereocenters. The minimum absolute atomic E-state index is 0.287. The number of hydrogen-bond acceptors (Lipinski definition) is 2. The fourth-order valence-electron chi connectivity index (χ4n) is 1.98. The van der Waals surface area contributed by atoms with Crippen LogP contribution < -0.4 is 10.6 Å². The van der Waals surface area contributed by atoms with Gasteiger partial charge >= 0.3 is 0 Å². The number of benzene rings is 1. The molecule has 0 bridgehead atoms. The maximum absolute atomic E-state index is 9.28. The highest BCUT2D eigenvalue weighted by Crippen LogP contribution is 2.10. The number of aromatic hydroxyl groups is 1. The SMILES string of the molecule is CCNC(=NCc1ccc(O)cc1)NC(C)CCC(C)C. The third-order valence-electron chi connectivity index (χ3n) is 3.26. The number of aliphatic imine (C=N–C) groups is 1. The molecule has 1 aromatic rings. The van der Waals surface area contributed by atoms with Gasteiger partial charge in [0.25, 0.3) is 0 Å². The molecule has 0 aliphatic heterocycles. The average Bonchev–Trinajstić information content (AvgIpc) is 2.44. The Morgan fingerprint density at radius 1 is 1.14 bits per heavy atom. The van der Waals surface area contributed by atoms with E-state index in [4.69, 9.17) is 0 Å². The first-order valence-corrected chi connectivity index (χ1v) is 7.84. The van der Waals surface area contributed by atoms with Crippen LogP contribution in [0.1, 0.15) is 46.1 Å². The molecule has 0 spiro atoms. The Morgan fingerprint density at radius 2 is 1.81 bits per heavy atom. The number of phenols is 1. The lowest BCUT2D eigenvalue weighted by Gasteiger charge is -2.18. The molecule has 0 aromatic heterocycles. The van der Waals surface area contributed by atoms with Gasteiger partial charge in [0.2, 0.25) is 0 Å². The van der Waals surface area contributed by atoms with Gasteiger partial charge in [-0.25, -0.2) is 4.99 Å². The molecule has 1 unspecified atom stereocenters. The third-order valence-corrected chi connectivity index (χ3v) is 3.26. The molecule has 0 saturated carbocycles. The zero-order valence-electron chi connectivity index (χ0n) is 13.7. The van der Waals surface area contributed by atoms with E-state index >= 15 is 0 Å². The minimum Gasteiger partial charge on any atom is -0.508 e. The van der Waals surface area contributed by atoms with Gasteiger partial charge in [-0.1, -0.05) is 26.0 Å². The summed E-state index contributed by atoms with van der Waals surface area (Å²) in [6, 6.07) is 7.58. The van der Waals surface area contributed by atoms with Crippen LogP contribution in [0.5, 0.6) is 5.75 Å². The smallest absolute Gasteiger partial charge is 0.191 e. The van der Waals surface area contributed by atoms with Gasteiger partial charge in [0.1, 0.15) is 5.75 Å². The van der Waals surface area contributed by atoms with Crippen molar-refractivity contribution in [3.8, 4) is 5.75 Å². The Balaban J connectivity index is 2.54. The highest BCUT2D eigenvalue weighted by molar-refractivity contribution is 5.80. The quantitative estimate of drug-likeness (QED) is 0.534. The summed E-state index contributed by atoms with van der Waals surface area (Å²) in [5, 5.41) is 16.0. The van der Waals surface area contributed by atoms with Gasteiger partial charge in [-0.2, -0.15) is 0 Å². The van der Waals surface area contributed by atoms with Crippen LogP contribution in [0.4, 0.5) is 0 Å². The molecule has 1 rings (SSSR count). The predicted molar refractivity (Wildman–Crippen MR) is 89.6 cm³/mol. The van der Waals surface area contributed by atoms with Crippen molar-refractivity contribution in [3.63, 3.8) is 0 Å². The second kappa shape index (κ2) is 9.27. The maximum atomic E-state index is 9.28. The fraction of sp³-hybridized carbons (Fsp3) is 0.588. The Bertz CT molecular complexity index is 426. The van der Waals surface area contributed by atoms with Crippen molar-refractivity contribution in [1.29, 1.82) is 0 Å². The van der Waals surface area contributed by atoms with Gasteiger partial charge in [-0.15, -0.1) is 0 Å². The third kappa shape index (κ3) is 7.59. The monoisotopic (exact) mass is 291 g/mol. The highest BCUT2D eigenvalue weighted by atomic mass is 16.3. The zero-order chi connectivity index (χ0) is 15.7. The van der Waals surface area contributed by atoms with E-state index in [2.05, 4.69) is 43.3 Å². The molecule has 0 aliphatic rings. The molecule has 118 valence electrons. The van der Waals surface area contributed by atoms with Crippen molar-refractivity contribution < 1.29 is 5.11 Å². The molecule has 0 radical (unpaired) electrons. The fourth-order valence-corrected chi connectivity index (χ4v) is 1.98. The Labute approximate surface area is 128 Å². The summed E-state index contributed by atoms with van der Waals surface area (Å²) in [5.41, 5.74) is 1.08. The first-order valence-electron chi connectivity index (χ1n) is 7.84. The summed E-state index contributed by atoms with van der Waals surface area (Å²) in [7, 11) is 0. The van der Waals surface area contributed by atoms with Crippen LogP contribution in [0.15, 0.2) is 29.3 Å². The van der Waals surface area contributed by atoms with E-state index < -0.39 is 0 Å². The molecule has 3 N–H and O–H groups in total. The molecule has 0 heterocycles. The van der Waals surface area contributed by atoms with E-state index in [-0.39, 0.29) is 5.75 Å². The number of guanidine groups is 1. The second-order valence-corrected chi connectivity index (χ2v) is 5.88. The Morgan fingerprint density at radius 3 is 2.38 bits per heavy atom. The molecule has 21 heavy (non-hydrogen) atoms. The summed E-state index contributed by atoms with van der Waals surface area (Å²) in [6.45, 7) is 10.2. The average molecular weight is 291 g/mol. The zero-order valence-corrected chi connectivity index (χ0v) is 13.7. The lowest BCUT2D eigenvalue weighted by molar-refractivity contribution is 0.475. The number of nitrogens with zero attached hydrogens (tertiary/aromatic N) is 1. The van der Waals surface area contributed by atoms with Crippen LogP contribution in [-0.4, -0.2) is 23.7 Å². The molecule has 0 saturated heterocycles. The molecule has 4 nitrogen and oxygen atoms in total. The normalized spacial score (nSPS) is 13.3. The maximum Gasteiger partial charge on any atom is 0.191 e. The van der Waals surface area contributed by atoms with Gasteiger partial charge in [0.15, 0.2) is 5.96 Å². The van der Waals surface area contributed by atoms with Crippen LogP contribution in [0.25, 0.3) is 0 Å². The summed E-state index contributed by atoms with van der Waals surface area (Å²) in [6.07, 6.45) is 2.35. The van der Waals surface area contributed by atoms with Crippen LogP contribution in [-0.2, 0) is 6.54 Å². The summed E-state index contributed by atoms with van der Waals surface area (Å²) >= 11 is 0. The lowest BCUT2D eigenvalue weighted by atomic mass is 10.0. The van der Waals surface area contributed by atoms with E-state index in [1.54, 1.807) is 12.1 Å². The van der Waals surface area contributed by atoms with Crippen LogP contribution in [0.2, 0.25) is 0 Å². The first-order chi connectivity index (χ1) is 10.0. The number of nitrogens with one attached hydrogen (secondary N) is 2. The number of rotatable bonds is 7. The Hall–Kier alpha value is -1.71. The van der Waals surface area contributed by atoms with E-state index in [1.807, 2.05) is 12.1 Å². The number of phenolic OH excluding ortho intramolecular Hbond substituents is 1. The van der Waals surface area contributed by atoms with Crippen molar-refractivity contribution in [1.82, 2.24) is 10.6 Å². The van der Waals surface area contributed by atoms with Gasteiger partial charge in [0.05, 0.1) is 6.54 Å². The second-order valence-electron chi connectivity index (χ2n) is 5.88. The topological polar surface area (TPSA) is 56.7 Å². The van der Waals surface area contributed by atoms with Crippen LogP contribution in [0, 0.1) is 5.92 Å². The molecule has 0 aliphatic carbocycles. The molecular weight excluding hydrogens is 262 g/mol. The molecule has 0 fully saturated rings. The minimum atomic E-state index is 0.287. The molecule has 4 heteroatoms. The summed E-state index contributed by atoms with van der Waals surface area (Å²) < 4.78 is 0. The predicted octanol–water partition coefficient (Wildman–Crippen LogP) is 3.27. The van der Waals surface area contributed by atoms with Crippen molar-refractivity contribution in [2.75, 3.05) is 6.54 Å². The van der Waals surface area contributed by atoms with Crippen molar-refractivity contribution >= 4 is 5.96 Å². The molecule has 1 aromatic carbocycles. The van der Waals surface area contributed by atoms with Crippen LogP contribution in [0.3, 0.4) is 0 Å². The first kappa shape index (κ1) is 17.3. The van der Waals surface area contributed by atoms with Crippen molar-refractivity contribution in [2.24, 2.45) is 10.9 Å². The van der Waals surface area contributed by atoms with Crippen molar-refractivity contribution in [3.05, 3.63) is 29.8 Å². The van der Waals surface area contributed by atoms with E-state index in [1.165, 1.54) is 6.42 Å². The Kier molecular flexibility index (Phi) is 7.65. The largest absolute Gasteiger partial charge is 0.508 e. The van der Waals surface area contributed by atoms with E-state index in [0.29, 0.717) is 12.6 Å². The standard InChI is InChI=1S/C17H29N3O/c1-5-18-17(20-14(4)7-6-13(2)3)19-12-15-8-10-16(21)11-9-15/h8-11,13-14,21H,5-7,12H2,1-4H3,(H2,18,19,20). The van der Waals surface area contributed by atoms with Gasteiger partial charge < -0.3 is 15.7 Å². The highest BCUT2D eigenvalue weighted by Gasteiger charge is 2.06. The lowest BCUT2D eigenvalue weighted by Crippen LogP contribution is -2.42.